The van der Waals surface area contributed by atoms with Crippen molar-refractivity contribution in [2.45, 2.75) is 44.9 Å². The number of ether oxygens (including phenoxy) is 1. The fraction of sp³-hybridized carbons (Fsp3) is 0.600. The number of aliphatic hydroxyl groups is 1. The Morgan fingerprint density at radius 1 is 1.39 bits per heavy atom. The first-order valence-corrected chi connectivity index (χ1v) is 6.77. The van der Waals surface area contributed by atoms with E-state index in [0.29, 0.717) is 13.2 Å². The fourth-order valence-electron chi connectivity index (χ4n) is 2.49. The highest BCUT2D eigenvalue weighted by Gasteiger charge is 2.38. The molecule has 1 aromatic rings. The number of hydrogen-bond donors (Lipinski definition) is 2. The molecule has 18 heavy (non-hydrogen) atoms. The Labute approximate surface area is 109 Å². The maximum Gasteiger partial charge on any atom is 0.105 e. The standard InChI is InChI=1S/C15H23NO2/c1-3-13-6-4-5-7-14(13)10-16-11-15(17)8-9-18-12(15)2/h4-7,12,16-17H,3,8-11H2,1-2H3. The van der Waals surface area contributed by atoms with Crippen LogP contribution in [0.5, 0.6) is 0 Å². The van der Waals surface area contributed by atoms with Gasteiger partial charge in [0.05, 0.1) is 6.10 Å². The van der Waals surface area contributed by atoms with Gasteiger partial charge in [-0.05, 0) is 24.5 Å². The lowest BCUT2D eigenvalue weighted by atomic mass is 9.96. The molecule has 0 radical (unpaired) electrons. The normalized spacial score (nSPS) is 27.6. The molecule has 1 fully saturated rings. The number of hydrogen-bond acceptors (Lipinski definition) is 3. The Morgan fingerprint density at radius 2 is 2.11 bits per heavy atom. The fourth-order valence-corrected chi connectivity index (χ4v) is 2.49. The third kappa shape index (κ3) is 2.91. The molecule has 3 nitrogen and oxygen atoms in total. The minimum absolute atomic E-state index is 0.0774. The summed E-state index contributed by atoms with van der Waals surface area (Å²) < 4.78 is 5.43. The molecule has 2 unspecified atom stereocenters. The number of benzene rings is 1. The van der Waals surface area contributed by atoms with E-state index in [1.165, 1.54) is 11.1 Å². The van der Waals surface area contributed by atoms with E-state index >= 15 is 0 Å². The molecule has 0 spiro atoms. The molecule has 2 atom stereocenters. The summed E-state index contributed by atoms with van der Waals surface area (Å²) in [4.78, 5) is 0. The van der Waals surface area contributed by atoms with Crippen molar-refractivity contribution in [3.05, 3.63) is 35.4 Å². The van der Waals surface area contributed by atoms with Crippen molar-refractivity contribution in [3.63, 3.8) is 0 Å². The van der Waals surface area contributed by atoms with Crippen molar-refractivity contribution < 1.29 is 9.84 Å². The Morgan fingerprint density at radius 3 is 2.72 bits per heavy atom. The van der Waals surface area contributed by atoms with Gasteiger partial charge < -0.3 is 15.2 Å². The second-order valence-electron chi connectivity index (χ2n) is 5.09. The van der Waals surface area contributed by atoms with Gasteiger partial charge in [-0.1, -0.05) is 31.2 Å². The van der Waals surface area contributed by atoms with Gasteiger partial charge in [0, 0.05) is 26.1 Å². The summed E-state index contributed by atoms with van der Waals surface area (Å²) in [5.41, 5.74) is 1.98. The average molecular weight is 249 g/mol. The molecule has 1 heterocycles. The molecule has 100 valence electrons. The summed E-state index contributed by atoms with van der Waals surface area (Å²) >= 11 is 0. The second-order valence-corrected chi connectivity index (χ2v) is 5.09. The lowest BCUT2D eigenvalue weighted by Gasteiger charge is -2.26. The van der Waals surface area contributed by atoms with E-state index in [2.05, 4.69) is 36.5 Å². The first kappa shape index (κ1) is 13.5. The zero-order chi connectivity index (χ0) is 13.0. The van der Waals surface area contributed by atoms with Gasteiger partial charge in [0.25, 0.3) is 0 Å². The molecular formula is C15H23NO2. The van der Waals surface area contributed by atoms with Crippen molar-refractivity contribution in [3.8, 4) is 0 Å². The molecule has 2 rings (SSSR count). The van der Waals surface area contributed by atoms with Gasteiger partial charge in [-0.25, -0.2) is 0 Å². The molecule has 0 saturated carbocycles. The van der Waals surface area contributed by atoms with Gasteiger partial charge in [-0.15, -0.1) is 0 Å². The molecule has 1 aliphatic heterocycles. The molecular weight excluding hydrogens is 226 g/mol. The second kappa shape index (κ2) is 5.83. The van der Waals surface area contributed by atoms with Crippen LogP contribution in [0.3, 0.4) is 0 Å². The highest BCUT2D eigenvalue weighted by molar-refractivity contribution is 5.26. The molecule has 2 N–H and O–H groups in total. The van der Waals surface area contributed by atoms with Crippen molar-refractivity contribution in [1.82, 2.24) is 5.32 Å². The highest BCUT2D eigenvalue weighted by atomic mass is 16.5. The largest absolute Gasteiger partial charge is 0.386 e. The maximum atomic E-state index is 10.4. The summed E-state index contributed by atoms with van der Waals surface area (Å²) in [5.74, 6) is 0. The van der Waals surface area contributed by atoms with E-state index in [9.17, 15) is 5.11 Å². The van der Waals surface area contributed by atoms with Gasteiger partial charge in [-0.2, -0.15) is 0 Å². The van der Waals surface area contributed by atoms with E-state index in [1.54, 1.807) is 0 Å². The van der Waals surface area contributed by atoms with Gasteiger partial charge in [0.1, 0.15) is 5.60 Å². The van der Waals surface area contributed by atoms with Crippen LogP contribution in [0.15, 0.2) is 24.3 Å². The Balaban J connectivity index is 1.88. The van der Waals surface area contributed by atoms with Crippen molar-refractivity contribution in [1.29, 1.82) is 0 Å². The average Bonchev–Trinajstić information content (AvgIpc) is 2.70. The van der Waals surface area contributed by atoms with Crippen LogP contribution in [0.4, 0.5) is 0 Å². The Kier molecular flexibility index (Phi) is 4.38. The number of aryl methyl sites for hydroxylation is 1. The number of rotatable bonds is 5. The summed E-state index contributed by atoms with van der Waals surface area (Å²) in [6.07, 6.45) is 1.68. The van der Waals surface area contributed by atoms with Crippen LogP contribution in [0, 0.1) is 0 Å². The van der Waals surface area contributed by atoms with Crippen LogP contribution >= 0.6 is 0 Å². The van der Waals surface area contributed by atoms with Gasteiger partial charge in [-0.3, -0.25) is 0 Å². The first-order chi connectivity index (χ1) is 8.65. The van der Waals surface area contributed by atoms with Gasteiger partial charge in [0.15, 0.2) is 0 Å². The predicted octanol–water partition coefficient (Wildman–Crippen LogP) is 1.88. The maximum absolute atomic E-state index is 10.4. The van der Waals surface area contributed by atoms with Crippen LogP contribution in [-0.2, 0) is 17.7 Å². The molecule has 0 aromatic heterocycles. The zero-order valence-electron chi connectivity index (χ0n) is 11.3. The monoisotopic (exact) mass is 249 g/mol. The molecule has 1 saturated heterocycles. The minimum Gasteiger partial charge on any atom is -0.386 e. The van der Waals surface area contributed by atoms with Crippen LogP contribution in [-0.4, -0.2) is 30.0 Å². The summed E-state index contributed by atoms with van der Waals surface area (Å²) in [7, 11) is 0. The van der Waals surface area contributed by atoms with Crippen molar-refractivity contribution in [2.75, 3.05) is 13.2 Å². The van der Waals surface area contributed by atoms with E-state index < -0.39 is 5.60 Å². The molecule has 1 aromatic carbocycles. The summed E-state index contributed by atoms with van der Waals surface area (Å²) in [6, 6.07) is 8.44. The van der Waals surface area contributed by atoms with Crippen molar-refractivity contribution >= 4 is 0 Å². The topological polar surface area (TPSA) is 41.5 Å². The van der Waals surface area contributed by atoms with E-state index in [-0.39, 0.29) is 6.10 Å². The molecule has 0 aliphatic carbocycles. The first-order valence-electron chi connectivity index (χ1n) is 6.77. The van der Waals surface area contributed by atoms with Crippen LogP contribution < -0.4 is 5.32 Å². The van der Waals surface area contributed by atoms with Crippen LogP contribution in [0.2, 0.25) is 0 Å². The molecule has 0 bridgehead atoms. The van der Waals surface area contributed by atoms with Gasteiger partial charge in [0.2, 0.25) is 0 Å². The predicted molar refractivity (Wildman–Crippen MR) is 72.5 cm³/mol. The smallest absolute Gasteiger partial charge is 0.105 e. The van der Waals surface area contributed by atoms with E-state index in [4.69, 9.17) is 4.74 Å². The third-order valence-electron chi connectivity index (χ3n) is 3.91. The summed E-state index contributed by atoms with van der Waals surface area (Å²) in [6.45, 7) is 6.16. The van der Waals surface area contributed by atoms with E-state index in [0.717, 1.165) is 19.4 Å². The Hall–Kier alpha value is -0.900. The molecule has 1 aliphatic rings. The molecule has 3 heteroatoms. The minimum atomic E-state index is -0.707. The van der Waals surface area contributed by atoms with Crippen molar-refractivity contribution in [2.24, 2.45) is 0 Å². The molecule has 0 amide bonds. The zero-order valence-corrected chi connectivity index (χ0v) is 11.3. The SMILES string of the molecule is CCc1ccccc1CNCC1(O)CCOC1C. The lowest BCUT2D eigenvalue weighted by molar-refractivity contribution is -0.0263. The lowest BCUT2D eigenvalue weighted by Crippen LogP contribution is -2.45. The number of nitrogens with one attached hydrogen (secondary N) is 1. The van der Waals surface area contributed by atoms with Crippen LogP contribution in [0.25, 0.3) is 0 Å². The Bertz CT molecular complexity index is 394. The third-order valence-corrected chi connectivity index (χ3v) is 3.91. The van der Waals surface area contributed by atoms with E-state index in [1.807, 2.05) is 6.92 Å². The van der Waals surface area contributed by atoms with Crippen LogP contribution in [0.1, 0.15) is 31.4 Å². The summed E-state index contributed by atoms with van der Waals surface area (Å²) in [5, 5.41) is 13.7. The highest BCUT2D eigenvalue weighted by Crippen LogP contribution is 2.24. The van der Waals surface area contributed by atoms with Gasteiger partial charge >= 0.3 is 0 Å². The quantitative estimate of drug-likeness (QED) is 0.837.